The lowest BCUT2D eigenvalue weighted by Gasteiger charge is -2.32. The van der Waals surface area contributed by atoms with Gasteiger partial charge >= 0.3 is 6.09 Å². The van der Waals surface area contributed by atoms with E-state index in [9.17, 15) is 9.18 Å². The maximum atomic E-state index is 14.1. The minimum atomic E-state index is -0.712. The monoisotopic (exact) mass is 319 g/mol. The number of benzene rings is 1. The number of nitrogens with zero attached hydrogens (tertiary/aromatic N) is 1. The summed E-state index contributed by atoms with van der Waals surface area (Å²) in [5, 5.41) is 5.45. The van der Waals surface area contributed by atoms with Crippen molar-refractivity contribution in [2.24, 2.45) is 0 Å². The van der Waals surface area contributed by atoms with E-state index in [-0.39, 0.29) is 5.69 Å². The van der Waals surface area contributed by atoms with Gasteiger partial charge in [-0.2, -0.15) is 0 Å². The molecule has 2 N–H and O–H groups in total. The summed E-state index contributed by atoms with van der Waals surface area (Å²) in [6.45, 7) is 1.89. The number of nitrogens with one attached hydrogen (secondary N) is 2. The maximum absolute atomic E-state index is 14.1. The van der Waals surface area contributed by atoms with E-state index >= 15 is 0 Å². The van der Waals surface area contributed by atoms with Crippen molar-refractivity contribution in [3.05, 3.63) is 42.0 Å². The number of allylic oxidation sites excluding steroid dienone is 1. The third-order valence-electron chi connectivity index (χ3n) is 3.71. The van der Waals surface area contributed by atoms with Crippen molar-refractivity contribution in [1.29, 1.82) is 0 Å². The number of rotatable bonds is 3. The van der Waals surface area contributed by atoms with Gasteiger partial charge in [0.15, 0.2) is 5.82 Å². The molecule has 0 aliphatic carbocycles. The highest BCUT2D eigenvalue weighted by Gasteiger charge is 2.22. The molecule has 2 heterocycles. The molecule has 0 aromatic heterocycles. The minimum Gasteiger partial charge on any atom is -0.489 e. The number of carbonyl (C=O) groups excluding carboxylic acids is 1. The van der Waals surface area contributed by atoms with Crippen molar-refractivity contribution in [3.8, 4) is 5.75 Å². The molecule has 2 aliphatic heterocycles. The highest BCUT2D eigenvalue weighted by atomic mass is 19.1. The Morgan fingerprint density at radius 3 is 3.13 bits per heavy atom. The van der Waals surface area contributed by atoms with Crippen molar-refractivity contribution in [1.82, 2.24) is 5.32 Å². The predicted molar refractivity (Wildman–Crippen MR) is 85.1 cm³/mol. The van der Waals surface area contributed by atoms with Crippen LogP contribution in [0.15, 0.2) is 36.2 Å². The molecule has 2 aliphatic rings. The van der Waals surface area contributed by atoms with Gasteiger partial charge in [0.1, 0.15) is 12.4 Å². The van der Waals surface area contributed by atoms with Crippen LogP contribution in [0, 0.1) is 5.82 Å². The predicted octanol–water partition coefficient (Wildman–Crippen LogP) is 2.59. The van der Waals surface area contributed by atoms with Crippen molar-refractivity contribution in [3.63, 3.8) is 0 Å². The number of dihydropyridines is 1. The Morgan fingerprint density at radius 2 is 2.39 bits per heavy atom. The zero-order chi connectivity index (χ0) is 16.2. The van der Waals surface area contributed by atoms with Crippen molar-refractivity contribution in [2.45, 2.75) is 6.42 Å². The molecule has 23 heavy (non-hydrogen) atoms. The average Bonchev–Trinajstić information content (AvgIpc) is 2.57. The van der Waals surface area contributed by atoms with E-state index in [1.165, 1.54) is 18.7 Å². The largest absolute Gasteiger partial charge is 0.489 e. The van der Waals surface area contributed by atoms with Crippen LogP contribution < -0.4 is 20.3 Å². The van der Waals surface area contributed by atoms with Crippen LogP contribution in [0.1, 0.15) is 6.42 Å². The van der Waals surface area contributed by atoms with Crippen LogP contribution in [0.4, 0.5) is 20.6 Å². The lowest BCUT2D eigenvalue weighted by atomic mass is 10.1. The summed E-state index contributed by atoms with van der Waals surface area (Å²) < 4.78 is 24.1. The van der Waals surface area contributed by atoms with Gasteiger partial charge in [-0.05, 0) is 24.3 Å². The molecule has 0 bridgehead atoms. The Labute approximate surface area is 133 Å². The van der Waals surface area contributed by atoms with E-state index < -0.39 is 11.9 Å². The summed E-state index contributed by atoms with van der Waals surface area (Å²) in [7, 11) is 1.23. The molecule has 1 amide bonds. The molecular weight excluding hydrogens is 301 g/mol. The Kier molecular flexibility index (Phi) is 4.36. The maximum Gasteiger partial charge on any atom is 0.411 e. The first-order valence-corrected chi connectivity index (χ1v) is 7.32. The van der Waals surface area contributed by atoms with Crippen LogP contribution in [0.3, 0.4) is 0 Å². The molecule has 6 nitrogen and oxygen atoms in total. The summed E-state index contributed by atoms with van der Waals surface area (Å²) in [6.07, 6.45) is 6.06. The van der Waals surface area contributed by atoms with E-state index in [2.05, 4.69) is 20.3 Å². The summed E-state index contributed by atoms with van der Waals surface area (Å²) in [5.41, 5.74) is 2.04. The van der Waals surface area contributed by atoms with E-state index in [0.717, 1.165) is 12.1 Å². The quantitative estimate of drug-likeness (QED) is 0.897. The Hall–Kier alpha value is -2.70. The molecule has 0 saturated heterocycles. The highest BCUT2D eigenvalue weighted by Crippen LogP contribution is 2.36. The van der Waals surface area contributed by atoms with Gasteiger partial charge in [-0.1, -0.05) is 6.08 Å². The fraction of sp³-hybridized carbons (Fsp3) is 0.312. The second-order valence-electron chi connectivity index (χ2n) is 5.26. The highest BCUT2D eigenvalue weighted by molar-refractivity contribution is 5.86. The molecular formula is C16H18FN3O3. The molecule has 1 aromatic carbocycles. The topological polar surface area (TPSA) is 62.8 Å². The van der Waals surface area contributed by atoms with E-state index in [1.54, 1.807) is 6.07 Å². The van der Waals surface area contributed by atoms with Gasteiger partial charge in [-0.25, -0.2) is 9.18 Å². The average molecular weight is 319 g/mol. The molecule has 7 heteroatoms. The van der Waals surface area contributed by atoms with Gasteiger partial charge in [-0.3, -0.25) is 5.32 Å². The fourth-order valence-electron chi connectivity index (χ4n) is 2.57. The lowest BCUT2D eigenvalue weighted by Crippen LogP contribution is -2.35. The van der Waals surface area contributed by atoms with Gasteiger partial charge in [0, 0.05) is 18.8 Å². The molecule has 3 rings (SSSR count). The molecule has 122 valence electrons. The Balaban J connectivity index is 1.85. The second kappa shape index (κ2) is 6.60. The molecule has 0 atom stereocenters. The number of amides is 1. The normalized spacial score (nSPS) is 15.9. The summed E-state index contributed by atoms with van der Waals surface area (Å²) >= 11 is 0. The SMILES string of the molecule is COC(=O)Nc1cc2c(cc1F)OCCN2CC1=CNC=CC1. The van der Waals surface area contributed by atoms with Gasteiger partial charge in [0.2, 0.25) is 0 Å². The van der Waals surface area contributed by atoms with Crippen LogP contribution in [-0.4, -0.2) is 32.9 Å². The lowest BCUT2D eigenvalue weighted by molar-refractivity contribution is 0.186. The second-order valence-corrected chi connectivity index (χ2v) is 5.26. The number of methoxy groups -OCH3 is 1. The number of hydrogen-bond acceptors (Lipinski definition) is 5. The van der Waals surface area contributed by atoms with E-state index in [0.29, 0.717) is 25.4 Å². The molecule has 0 unspecified atom stereocenters. The first kappa shape index (κ1) is 15.2. The first-order chi connectivity index (χ1) is 11.2. The van der Waals surface area contributed by atoms with Crippen LogP contribution in [0.2, 0.25) is 0 Å². The molecule has 0 fully saturated rings. The number of fused-ring (bicyclic) bond motifs is 1. The number of carbonyl (C=O) groups is 1. The number of anilines is 2. The summed E-state index contributed by atoms with van der Waals surface area (Å²) in [6, 6.07) is 2.87. The number of halogens is 1. The van der Waals surface area contributed by atoms with Crippen LogP contribution in [0.25, 0.3) is 0 Å². The summed E-state index contributed by atoms with van der Waals surface area (Å²) in [4.78, 5) is 13.4. The van der Waals surface area contributed by atoms with Gasteiger partial charge < -0.3 is 19.7 Å². The molecule has 0 spiro atoms. The molecule has 0 radical (unpaired) electrons. The van der Waals surface area contributed by atoms with Crippen LogP contribution >= 0.6 is 0 Å². The third kappa shape index (κ3) is 3.39. The Morgan fingerprint density at radius 1 is 1.52 bits per heavy atom. The number of ether oxygens (including phenoxy) is 2. The van der Waals surface area contributed by atoms with Gasteiger partial charge in [-0.15, -0.1) is 0 Å². The zero-order valence-corrected chi connectivity index (χ0v) is 12.8. The van der Waals surface area contributed by atoms with Crippen LogP contribution in [-0.2, 0) is 4.74 Å². The number of hydrogen-bond donors (Lipinski definition) is 2. The molecule has 0 saturated carbocycles. The molecule has 1 aromatic rings. The van der Waals surface area contributed by atoms with Crippen molar-refractivity contribution < 1.29 is 18.7 Å². The van der Waals surface area contributed by atoms with Crippen molar-refractivity contribution in [2.75, 3.05) is 37.0 Å². The van der Waals surface area contributed by atoms with Crippen LogP contribution in [0.5, 0.6) is 5.75 Å². The van der Waals surface area contributed by atoms with Crippen molar-refractivity contribution >= 4 is 17.5 Å². The minimum absolute atomic E-state index is 0.0711. The smallest absolute Gasteiger partial charge is 0.411 e. The van der Waals surface area contributed by atoms with Gasteiger partial charge in [0.25, 0.3) is 0 Å². The fourth-order valence-corrected chi connectivity index (χ4v) is 2.57. The first-order valence-electron chi connectivity index (χ1n) is 7.32. The van der Waals surface area contributed by atoms with Gasteiger partial charge in [0.05, 0.1) is 25.0 Å². The van der Waals surface area contributed by atoms with E-state index in [4.69, 9.17) is 4.74 Å². The zero-order valence-electron chi connectivity index (χ0n) is 12.8. The Bertz CT molecular complexity index is 673. The summed E-state index contributed by atoms with van der Waals surface area (Å²) in [5.74, 6) is -0.0819. The standard InChI is InChI=1S/C16H18FN3O3/c1-22-16(21)19-13-8-14-15(7-12(13)17)23-6-5-20(14)10-11-3-2-4-18-9-11/h2,4,7-9,18H,3,5-6,10H2,1H3,(H,19,21). The van der Waals surface area contributed by atoms with E-state index in [1.807, 2.05) is 18.5 Å². The third-order valence-corrected chi connectivity index (χ3v) is 3.71.